The van der Waals surface area contributed by atoms with Crippen molar-refractivity contribution >= 4 is 120 Å². The van der Waals surface area contributed by atoms with Gasteiger partial charge in [0.1, 0.15) is 34.2 Å². The van der Waals surface area contributed by atoms with E-state index >= 15 is 0 Å². The molecular weight excluding hydrogens is 1460 g/mol. The molecule has 0 spiro atoms. The summed E-state index contributed by atoms with van der Waals surface area (Å²) in [7, 11) is -13.2. The van der Waals surface area contributed by atoms with Crippen molar-refractivity contribution in [2.75, 3.05) is 75.6 Å². The number of pyridine rings is 4. The molecule has 0 bridgehead atoms. The molecule has 9 rings (SSSR count). The predicted molar refractivity (Wildman–Crippen MR) is 386 cm³/mol. The number of para-hydroxylation sites is 1. The molecule has 9 aromatic rings. The lowest BCUT2D eigenvalue weighted by Gasteiger charge is -2.13. The molecule has 554 valence electrons. The van der Waals surface area contributed by atoms with Crippen molar-refractivity contribution in [1.82, 2.24) is 19.9 Å². The number of carbonyl (C=O) groups excluding carboxylic acids is 1. The molecule has 23 nitrogen and oxygen atoms in total. The highest BCUT2D eigenvalue weighted by atomic mass is 35.5. The number of ether oxygens (including phenoxy) is 1. The Balaban J connectivity index is 0.000000216. The van der Waals surface area contributed by atoms with Crippen LogP contribution in [-0.4, -0.2) is 89.6 Å². The molecule has 0 aliphatic carbocycles. The van der Waals surface area contributed by atoms with Crippen LogP contribution in [0.4, 0.5) is 86.4 Å². The molecule has 36 heteroatoms. The fraction of sp³-hybridized carbons (Fsp3) is 0.269. The minimum atomic E-state index is -3.70. The van der Waals surface area contributed by atoms with Crippen molar-refractivity contribution < 1.29 is 78.3 Å². The van der Waals surface area contributed by atoms with Gasteiger partial charge in [-0.05, 0) is 117 Å². The zero-order chi connectivity index (χ0) is 75.7. The van der Waals surface area contributed by atoms with Gasteiger partial charge in [0.05, 0.1) is 106 Å². The minimum absolute atomic E-state index is 0.139. The average Bonchev–Trinajstić information content (AvgIpc) is 0.835. The first-order valence-electron chi connectivity index (χ1n) is 31.3. The molecule has 0 saturated heterocycles. The molecule has 4 heterocycles. The Bertz CT molecular complexity index is 4840. The molecule has 0 aliphatic rings. The van der Waals surface area contributed by atoms with E-state index in [1.165, 1.54) is 44.8 Å². The van der Waals surface area contributed by atoms with Gasteiger partial charge in [-0.3, -0.25) is 28.7 Å². The predicted octanol–water partition coefficient (Wildman–Crippen LogP) is 14.3. The van der Waals surface area contributed by atoms with Gasteiger partial charge in [-0.1, -0.05) is 57.5 Å². The monoisotopic (exact) mass is 1540 g/mol. The number of halogens is 9. The molecule has 4 aromatic heterocycles. The summed E-state index contributed by atoms with van der Waals surface area (Å²) in [4.78, 5) is 27.1. The second-order valence-corrected chi connectivity index (χ2v) is 29.9. The van der Waals surface area contributed by atoms with Crippen LogP contribution in [0.5, 0.6) is 5.88 Å². The fourth-order valence-corrected chi connectivity index (χ4v) is 13.7. The second-order valence-electron chi connectivity index (χ2n) is 22.1. The van der Waals surface area contributed by atoms with Crippen LogP contribution in [0, 0.1) is 46.5 Å². The Hall–Kier alpha value is -9.84. The number of benzene rings is 5. The number of fused-ring (bicyclic) bond motifs is 1. The highest BCUT2D eigenvalue weighted by molar-refractivity contribution is 7.93. The second kappa shape index (κ2) is 38.4. The molecule has 0 fully saturated rings. The van der Waals surface area contributed by atoms with Gasteiger partial charge in [-0.25, -0.2) is 83.7 Å². The summed E-state index contributed by atoms with van der Waals surface area (Å²) < 4.78 is 222. The van der Waals surface area contributed by atoms with Crippen molar-refractivity contribution in [3.05, 3.63) is 214 Å². The SMILES string of the molecule is CCCS(=O)(=O)Nc1ccc(F)c(CNc2ccc(Cl)nc2)c1F.CCCS(=O)(=O)Nc1ccc(F)c(CNc2ccc(NC(C)=O)nc2)c1F.CCCS(=O)(=O)Nc1ccc(F)c(CNc2ccc(OC)nc2)c1F.CCCS(=O)(=O)Nc1ccc(F)c(CNc2cnc3ccccc3c2)c1F. The highest BCUT2D eigenvalue weighted by Gasteiger charge is 2.23. The number of anilines is 9. The number of aromatic nitrogens is 4. The first kappa shape index (κ1) is 82.1. The van der Waals surface area contributed by atoms with E-state index in [1.54, 1.807) is 58.2 Å². The molecule has 0 unspecified atom stereocenters. The van der Waals surface area contributed by atoms with Crippen molar-refractivity contribution in [3.63, 3.8) is 0 Å². The van der Waals surface area contributed by atoms with E-state index in [-0.39, 0.29) is 100 Å². The Morgan fingerprint density at radius 2 is 0.757 bits per heavy atom. The van der Waals surface area contributed by atoms with E-state index in [0.717, 1.165) is 59.4 Å². The van der Waals surface area contributed by atoms with Crippen molar-refractivity contribution in [1.29, 1.82) is 0 Å². The number of nitrogens with one attached hydrogen (secondary N) is 9. The van der Waals surface area contributed by atoms with Crippen LogP contribution in [0.25, 0.3) is 10.9 Å². The van der Waals surface area contributed by atoms with Gasteiger partial charge in [0.15, 0.2) is 23.3 Å². The smallest absolute Gasteiger partial charge is 0.232 e. The first-order valence-corrected chi connectivity index (χ1v) is 38.3. The Morgan fingerprint density at radius 1 is 0.417 bits per heavy atom. The van der Waals surface area contributed by atoms with Crippen LogP contribution >= 0.6 is 11.6 Å². The summed E-state index contributed by atoms with van der Waals surface area (Å²) in [5, 5.41) is 15.1. The molecule has 5 aromatic carbocycles. The third kappa shape index (κ3) is 25.9. The highest BCUT2D eigenvalue weighted by Crippen LogP contribution is 2.29. The molecular formula is C67H74ClF8N13O10S4. The van der Waals surface area contributed by atoms with Crippen molar-refractivity contribution in [2.45, 2.75) is 86.5 Å². The summed E-state index contributed by atoms with van der Waals surface area (Å²) >= 11 is 5.66. The maximum absolute atomic E-state index is 14.6. The molecule has 0 saturated carbocycles. The summed E-state index contributed by atoms with van der Waals surface area (Å²) in [6, 6.07) is 27.2. The Morgan fingerprint density at radius 3 is 1.08 bits per heavy atom. The third-order valence-electron chi connectivity index (χ3n) is 13.9. The van der Waals surface area contributed by atoms with Gasteiger partial charge in [0.2, 0.25) is 51.9 Å². The maximum atomic E-state index is 14.6. The molecule has 0 atom stereocenters. The van der Waals surface area contributed by atoms with E-state index in [0.29, 0.717) is 65.3 Å². The number of hydrogen-bond acceptors (Lipinski definition) is 18. The summed E-state index contributed by atoms with van der Waals surface area (Å²) in [6.07, 6.45) is 7.39. The number of amides is 1. The number of hydrogen-bond donors (Lipinski definition) is 9. The van der Waals surface area contributed by atoms with Gasteiger partial charge in [-0.2, -0.15) is 0 Å². The van der Waals surface area contributed by atoms with Crippen LogP contribution in [-0.2, 0) is 71.1 Å². The topological polar surface area (TPSA) is 323 Å². The van der Waals surface area contributed by atoms with Crippen molar-refractivity contribution in [2.24, 2.45) is 0 Å². The number of sulfonamides is 4. The Labute approximate surface area is 596 Å². The molecule has 1 amide bonds. The zero-order valence-corrected chi connectivity index (χ0v) is 60.2. The molecule has 0 radical (unpaired) electrons. The van der Waals surface area contributed by atoms with Gasteiger partial charge in [0, 0.05) is 66.8 Å². The third-order valence-corrected chi connectivity index (χ3v) is 20.0. The van der Waals surface area contributed by atoms with Crippen LogP contribution in [0.3, 0.4) is 0 Å². The number of carbonyl (C=O) groups is 1. The molecule has 9 N–H and O–H groups in total. The average molecular weight is 1540 g/mol. The number of methoxy groups -OCH3 is 1. The lowest BCUT2D eigenvalue weighted by molar-refractivity contribution is -0.114. The maximum Gasteiger partial charge on any atom is 0.232 e. The first-order chi connectivity index (χ1) is 48.8. The van der Waals surface area contributed by atoms with E-state index in [2.05, 4.69) is 65.4 Å². The van der Waals surface area contributed by atoms with Crippen LogP contribution in [0.2, 0.25) is 5.15 Å². The fourth-order valence-electron chi connectivity index (χ4n) is 9.07. The van der Waals surface area contributed by atoms with Crippen LogP contribution in [0.15, 0.2) is 140 Å². The van der Waals surface area contributed by atoms with E-state index < -0.39 is 86.6 Å². The van der Waals surface area contributed by atoms with Gasteiger partial charge in [-0.15, -0.1) is 0 Å². The van der Waals surface area contributed by atoms with Gasteiger partial charge in [0.25, 0.3) is 0 Å². The minimum Gasteiger partial charge on any atom is -0.481 e. The van der Waals surface area contributed by atoms with Gasteiger partial charge < -0.3 is 31.3 Å². The molecule has 0 aliphatic heterocycles. The van der Waals surface area contributed by atoms with Gasteiger partial charge >= 0.3 is 0 Å². The van der Waals surface area contributed by atoms with Crippen LogP contribution in [0.1, 0.15) is 82.6 Å². The lowest BCUT2D eigenvalue weighted by atomic mass is 10.1. The van der Waals surface area contributed by atoms with E-state index in [9.17, 15) is 73.6 Å². The standard InChI is InChI=1S/C19H19F2N3O2S.C17H20F2N4O3S.C16H19F2N3O3S.C15H16ClF2N3O2S/c1-2-9-27(25,26)24-18-8-7-16(20)15(19(18)21)12-22-14-10-13-5-3-4-6-17(13)23-11-14;1-3-8-27(25,26)23-15-6-5-14(18)13(17(15)19)10-20-12-4-7-16(21-9-12)22-11(2)24;1-3-8-25(22,23)21-14-6-5-13(17)12(16(14)18)10-19-11-4-7-15(24-2)20-9-11;1-2-7-24(22,23)21-13-5-4-12(17)11(15(13)18)9-19-10-3-6-14(16)20-8-10/h3-8,10-11,22,24H,2,9,12H2,1H3;4-7,9,20,23H,3,8,10H2,1-2H3,(H,21,22,24);4-7,9,19,21H,3,8,10H2,1-2H3;3-6,8,19,21H,2,7,9H2,1H3. The number of rotatable bonds is 30. The summed E-state index contributed by atoms with van der Waals surface area (Å²) in [5.74, 6) is -7.04. The van der Waals surface area contributed by atoms with E-state index in [1.807, 2.05) is 30.3 Å². The van der Waals surface area contributed by atoms with Crippen LogP contribution < -0.4 is 50.2 Å². The normalized spacial score (nSPS) is 11.3. The quantitative estimate of drug-likeness (QED) is 0.0149. The zero-order valence-electron chi connectivity index (χ0n) is 56.2. The lowest BCUT2D eigenvalue weighted by Crippen LogP contribution is -2.18. The summed E-state index contributed by atoms with van der Waals surface area (Å²) in [5.41, 5.74) is 0.713. The van der Waals surface area contributed by atoms with E-state index in [4.69, 9.17) is 16.3 Å². The Kier molecular flexibility index (Phi) is 30.6. The summed E-state index contributed by atoms with van der Waals surface area (Å²) in [6.45, 7) is 7.39. The van der Waals surface area contributed by atoms with Crippen molar-refractivity contribution in [3.8, 4) is 5.88 Å². The largest absolute Gasteiger partial charge is 0.481 e. The number of nitrogens with zero attached hydrogens (tertiary/aromatic N) is 4. The molecule has 103 heavy (non-hydrogen) atoms.